The zero-order valence-electron chi connectivity index (χ0n) is 15.1. The van der Waals surface area contributed by atoms with Crippen LogP contribution in [-0.2, 0) is 21.2 Å². The first-order valence-electron chi connectivity index (χ1n) is 9.13. The van der Waals surface area contributed by atoms with Crippen molar-refractivity contribution in [2.75, 3.05) is 6.54 Å². The molecule has 8 nitrogen and oxygen atoms in total. The highest BCUT2D eigenvalue weighted by atomic mass is 32.2. The number of aromatic nitrogens is 2. The highest BCUT2D eigenvalue weighted by Gasteiger charge is 2.23. The number of sulfonamides is 1. The van der Waals surface area contributed by atoms with Crippen molar-refractivity contribution >= 4 is 27.0 Å². The standard InChI is InChI=1S/C19H20N4O4S/c24-18(21-15-8-3-6-13-5-1-2-7-14(13)15)11-12-20-28(25,26)17-10-4-9-16-19(17)23-27-22-16/h1-2,4-5,7,9-10,15,20H,3,6,8,11-12H2,(H,21,24)/t15-/m0/s1. The van der Waals surface area contributed by atoms with Gasteiger partial charge in [-0.15, -0.1) is 0 Å². The molecule has 0 aliphatic heterocycles. The fraction of sp³-hybridized carbons (Fsp3) is 0.316. The number of hydrogen-bond acceptors (Lipinski definition) is 6. The van der Waals surface area contributed by atoms with Crippen LogP contribution in [-0.4, -0.2) is 31.2 Å². The monoisotopic (exact) mass is 400 g/mol. The molecule has 1 aliphatic rings. The molecule has 3 aromatic rings. The van der Waals surface area contributed by atoms with Gasteiger partial charge in [-0.3, -0.25) is 4.79 Å². The maximum atomic E-state index is 12.5. The highest BCUT2D eigenvalue weighted by molar-refractivity contribution is 7.89. The molecule has 4 rings (SSSR count). The number of fused-ring (bicyclic) bond motifs is 2. The van der Waals surface area contributed by atoms with Crippen LogP contribution in [0.2, 0.25) is 0 Å². The van der Waals surface area contributed by atoms with Gasteiger partial charge in [-0.25, -0.2) is 17.8 Å². The molecule has 0 fully saturated rings. The van der Waals surface area contributed by atoms with Crippen LogP contribution >= 0.6 is 0 Å². The van der Waals surface area contributed by atoms with E-state index >= 15 is 0 Å². The molecule has 28 heavy (non-hydrogen) atoms. The van der Waals surface area contributed by atoms with Gasteiger partial charge in [0.05, 0.1) is 6.04 Å². The fourth-order valence-corrected chi connectivity index (χ4v) is 4.73. The van der Waals surface area contributed by atoms with Crippen LogP contribution in [0.4, 0.5) is 0 Å². The largest absolute Gasteiger partial charge is 0.349 e. The maximum absolute atomic E-state index is 12.5. The quantitative estimate of drug-likeness (QED) is 0.655. The van der Waals surface area contributed by atoms with Crippen LogP contribution in [0.25, 0.3) is 11.0 Å². The van der Waals surface area contributed by atoms with Crippen molar-refractivity contribution in [1.29, 1.82) is 0 Å². The van der Waals surface area contributed by atoms with E-state index < -0.39 is 10.0 Å². The van der Waals surface area contributed by atoms with E-state index in [1.165, 1.54) is 11.6 Å². The molecule has 1 heterocycles. The topological polar surface area (TPSA) is 114 Å². The molecule has 1 amide bonds. The van der Waals surface area contributed by atoms with E-state index in [9.17, 15) is 13.2 Å². The van der Waals surface area contributed by atoms with Gasteiger partial charge in [-0.05, 0) is 52.8 Å². The lowest BCUT2D eigenvalue weighted by Crippen LogP contribution is -2.34. The minimum absolute atomic E-state index is 0.00972. The van der Waals surface area contributed by atoms with Gasteiger partial charge in [-0.1, -0.05) is 30.3 Å². The van der Waals surface area contributed by atoms with E-state index in [2.05, 4.69) is 31.0 Å². The molecular formula is C19H20N4O4S. The van der Waals surface area contributed by atoms with Crippen LogP contribution in [0.15, 0.2) is 52.0 Å². The molecule has 0 spiro atoms. The van der Waals surface area contributed by atoms with Crippen LogP contribution < -0.4 is 10.0 Å². The van der Waals surface area contributed by atoms with Crippen LogP contribution in [0, 0.1) is 0 Å². The number of benzene rings is 2. The summed E-state index contributed by atoms with van der Waals surface area (Å²) in [5.74, 6) is -0.189. The molecule has 1 atom stereocenters. The van der Waals surface area contributed by atoms with Gasteiger partial charge in [0.15, 0.2) is 5.52 Å². The summed E-state index contributed by atoms with van der Waals surface area (Å²) in [6, 6.07) is 12.7. The summed E-state index contributed by atoms with van der Waals surface area (Å²) in [6.45, 7) is -0.00972. The Morgan fingerprint density at radius 3 is 2.89 bits per heavy atom. The van der Waals surface area contributed by atoms with E-state index in [0.29, 0.717) is 5.52 Å². The molecule has 0 saturated carbocycles. The Morgan fingerprint density at radius 2 is 2.00 bits per heavy atom. The number of carbonyl (C=O) groups excluding carboxylic acids is 1. The highest BCUT2D eigenvalue weighted by Crippen LogP contribution is 2.29. The summed E-state index contributed by atoms with van der Waals surface area (Å²) in [6.07, 6.45) is 2.97. The number of amides is 1. The molecule has 0 radical (unpaired) electrons. The second kappa shape index (κ2) is 7.69. The summed E-state index contributed by atoms with van der Waals surface area (Å²) >= 11 is 0. The third kappa shape index (κ3) is 3.76. The summed E-state index contributed by atoms with van der Waals surface area (Å²) in [7, 11) is -3.83. The van der Waals surface area contributed by atoms with E-state index in [0.717, 1.165) is 24.8 Å². The van der Waals surface area contributed by atoms with Gasteiger partial charge < -0.3 is 5.32 Å². The average molecular weight is 400 g/mol. The molecular weight excluding hydrogens is 380 g/mol. The fourth-order valence-electron chi connectivity index (χ4n) is 3.55. The van der Waals surface area contributed by atoms with Crippen LogP contribution in [0.1, 0.15) is 36.4 Å². The number of nitrogens with one attached hydrogen (secondary N) is 2. The maximum Gasteiger partial charge on any atom is 0.242 e. The minimum atomic E-state index is -3.83. The van der Waals surface area contributed by atoms with E-state index in [1.807, 2.05) is 18.2 Å². The molecule has 0 saturated heterocycles. The SMILES string of the molecule is O=C(CCNS(=O)(=O)c1cccc2nonc12)N[C@H]1CCCc2ccccc21. The third-order valence-electron chi connectivity index (χ3n) is 4.89. The third-order valence-corrected chi connectivity index (χ3v) is 6.38. The van der Waals surface area contributed by atoms with Gasteiger partial charge in [0.25, 0.3) is 0 Å². The zero-order chi connectivity index (χ0) is 19.6. The number of rotatable bonds is 6. The lowest BCUT2D eigenvalue weighted by Gasteiger charge is -2.26. The van der Waals surface area contributed by atoms with Gasteiger partial charge in [0.2, 0.25) is 15.9 Å². The van der Waals surface area contributed by atoms with E-state index in [1.54, 1.807) is 12.1 Å². The first-order chi connectivity index (χ1) is 13.5. The molecule has 1 aromatic heterocycles. The molecule has 1 aliphatic carbocycles. The predicted molar refractivity (Wildman–Crippen MR) is 102 cm³/mol. The van der Waals surface area contributed by atoms with Gasteiger partial charge >= 0.3 is 0 Å². The summed E-state index contributed by atoms with van der Waals surface area (Å²) in [5, 5.41) is 10.3. The molecule has 146 valence electrons. The van der Waals surface area contributed by atoms with Crippen molar-refractivity contribution in [3.8, 4) is 0 Å². The van der Waals surface area contributed by atoms with Crippen LogP contribution in [0.5, 0.6) is 0 Å². The molecule has 2 aromatic carbocycles. The Labute approximate surface area is 162 Å². The first-order valence-corrected chi connectivity index (χ1v) is 10.6. The molecule has 9 heteroatoms. The van der Waals surface area contributed by atoms with Crippen molar-refractivity contribution in [3.05, 3.63) is 53.6 Å². The normalized spacial score (nSPS) is 16.6. The summed E-state index contributed by atoms with van der Waals surface area (Å²) < 4.78 is 32.1. The van der Waals surface area contributed by atoms with Crippen molar-refractivity contribution in [2.24, 2.45) is 0 Å². The predicted octanol–water partition coefficient (Wildman–Crippen LogP) is 2.08. The second-order valence-electron chi connectivity index (χ2n) is 6.75. The Bertz CT molecular complexity index is 1110. The van der Waals surface area contributed by atoms with E-state index in [4.69, 9.17) is 0 Å². The number of hydrogen-bond donors (Lipinski definition) is 2. The number of aryl methyl sites for hydroxylation is 1. The molecule has 2 N–H and O–H groups in total. The minimum Gasteiger partial charge on any atom is -0.349 e. The first kappa shape index (κ1) is 18.6. The second-order valence-corrected chi connectivity index (χ2v) is 8.48. The Hall–Kier alpha value is -2.78. The summed E-state index contributed by atoms with van der Waals surface area (Å²) in [5.41, 5.74) is 2.93. The van der Waals surface area contributed by atoms with Gasteiger partial charge in [0.1, 0.15) is 10.4 Å². The zero-order valence-corrected chi connectivity index (χ0v) is 15.9. The van der Waals surface area contributed by atoms with Crippen molar-refractivity contribution in [1.82, 2.24) is 20.4 Å². The Kier molecular flexibility index (Phi) is 5.10. The molecule has 0 bridgehead atoms. The molecule has 0 unspecified atom stereocenters. The number of nitrogens with zero attached hydrogens (tertiary/aromatic N) is 2. The van der Waals surface area contributed by atoms with Crippen molar-refractivity contribution < 1.29 is 17.8 Å². The lowest BCUT2D eigenvalue weighted by molar-refractivity contribution is -0.121. The van der Waals surface area contributed by atoms with Crippen molar-refractivity contribution in [2.45, 2.75) is 36.6 Å². The Balaban J connectivity index is 1.36. The lowest BCUT2D eigenvalue weighted by atomic mass is 9.88. The number of carbonyl (C=O) groups is 1. The van der Waals surface area contributed by atoms with Crippen molar-refractivity contribution in [3.63, 3.8) is 0 Å². The van der Waals surface area contributed by atoms with E-state index in [-0.39, 0.29) is 35.3 Å². The van der Waals surface area contributed by atoms with Gasteiger partial charge in [-0.2, -0.15) is 0 Å². The summed E-state index contributed by atoms with van der Waals surface area (Å²) in [4.78, 5) is 12.3. The smallest absolute Gasteiger partial charge is 0.242 e. The van der Waals surface area contributed by atoms with Gasteiger partial charge in [0, 0.05) is 13.0 Å². The Morgan fingerprint density at radius 1 is 1.14 bits per heavy atom. The van der Waals surface area contributed by atoms with Crippen LogP contribution in [0.3, 0.4) is 0 Å². The average Bonchev–Trinajstić information content (AvgIpc) is 3.17.